The van der Waals surface area contributed by atoms with Gasteiger partial charge in [-0.2, -0.15) is 11.8 Å². The van der Waals surface area contributed by atoms with Crippen molar-refractivity contribution in [3.05, 3.63) is 41.2 Å². The number of rotatable bonds is 3. The van der Waals surface area contributed by atoms with Gasteiger partial charge in [0.15, 0.2) is 5.69 Å². The Morgan fingerprint density at radius 2 is 2.04 bits per heavy atom. The van der Waals surface area contributed by atoms with Gasteiger partial charge in [0.2, 0.25) is 0 Å². The van der Waals surface area contributed by atoms with Gasteiger partial charge in [-0.3, -0.25) is 4.79 Å². The lowest BCUT2D eigenvalue weighted by molar-refractivity contribution is -0.00196. The molecular weight excluding hydrogens is 340 g/mol. The van der Waals surface area contributed by atoms with Gasteiger partial charge < -0.3 is 14.4 Å². The van der Waals surface area contributed by atoms with Crippen LogP contribution < -0.4 is 4.74 Å². The van der Waals surface area contributed by atoms with E-state index >= 15 is 0 Å². The molecule has 2 aliphatic rings. The Kier molecular flexibility index (Phi) is 4.63. The van der Waals surface area contributed by atoms with Crippen LogP contribution in [0.15, 0.2) is 24.3 Å². The Bertz CT molecular complexity index is 756. The van der Waals surface area contributed by atoms with E-state index in [9.17, 15) is 4.79 Å². The van der Waals surface area contributed by atoms with Gasteiger partial charge in [-0.25, -0.2) is 4.68 Å². The average molecular weight is 360 g/mol. The van der Waals surface area contributed by atoms with Gasteiger partial charge in [-0.15, -0.1) is 5.10 Å². The smallest absolute Gasteiger partial charge is 0.276 e. The zero-order valence-corrected chi connectivity index (χ0v) is 14.9. The van der Waals surface area contributed by atoms with E-state index in [0.717, 1.165) is 41.6 Å². The second kappa shape index (κ2) is 7.05. The topological polar surface area (TPSA) is 69.5 Å². The number of ether oxygens (including phenoxy) is 2. The summed E-state index contributed by atoms with van der Waals surface area (Å²) in [5, 5.41) is 8.33. The van der Waals surface area contributed by atoms with Crippen LogP contribution in [0.4, 0.5) is 0 Å². The molecule has 8 heteroatoms. The van der Waals surface area contributed by atoms with Crippen LogP contribution in [-0.2, 0) is 17.9 Å². The normalized spacial score (nSPS) is 20.2. The van der Waals surface area contributed by atoms with E-state index in [2.05, 4.69) is 10.3 Å². The molecule has 1 unspecified atom stereocenters. The molecule has 0 N–H and O–H groups in total. The summed E-state index contributed by atoms with van der Waals surface area (Å²) in [6, 6.07) is 7.81. The number of hydrogen-bond acceptors (Lipinski definition) is 6. The van der Waals surface area contributed by atoms with Crippen LogP contribution in [-0.4, -0.2) is 57.5 Å². The van der Waals surface area contributed by atoms with Crippen molar-refractivity contribution in [2.45, 2.75) is 19.3 Å². The van der Waals surface area contributed by atoms with Crippen LogP contribution in [0.1, 0.15) is 27.8 Å². The van der Waals surface area contributed by atoms with Crippen molar-refractivity contribution in [1.82, 2.24) is 19.9 Å². The van der Waals surface area contributed by atoms with Crippen molar-refractivity contribution in [3.8, 4) is 5.75 Å². The van der Waals surface area contributed by atoms with Crippen LogP contribution in [0.2, 0.25) is 0 Å². The highest BCUT2D eigenvalue weighted by atomic mass is 32.2. The maximum atomic E-state index is 12.7. The SMILES string of the molecule is COc1ccc(C2Cn3nnc(C(=O)N4CCSCC4)c3CO2)cc1. The second-order valence-corrected chi connectivity index (χ2v) is 7.27. The molecule has 0 aliphatic carbocycles. The molecule has 2 aromatic rings. The standard InChI is InChI=1S/C17H20N4O3S/c1-23-13-4-2-12(3-5-13)15-10-21-14(11-24-15)16(18-19-21)17(22)20-6-8-25-9-7-20/h2-5,15H,6-11H2,1H3. The number of methoxy groups -OCH3 is 1. The minimum atomic E-state index is -0.102. The molecule has 1 fully saturated rings. The molecule has 0 saturated carbocycles. The highest BCUT2D eigenvalue weighted by molar-refractivity contribution is 7.99. The number of nitrogens with zero attached hydrogens (tertiary/aromatic N) is 4. The summed E-state index contributed by atoms with van der Waals surface area (Å²) in [4.78, 5) is 14.5. The van der Waals surface area contributed by atoms with Crippen LogP contribution in [0.25, 0.3) is 0 Å². The van der Waals surface area contributed by atoms with Crippen LogP contribution in [0, 0.1) is 0 Å². The highest BCUT2D eigenvalue weighted by Crippen LogP contribution is 2.28. The first-order valence-electron chi connectivity index (χ1n) is 8.31. The van der Waals surface area contributed by atoms with Gasteiger partial charge in [-0.1, -0.05) is 17.3 Å². The monoisotopic (exact) mass is 360 g/mol. The summed E-state index contributed by atoms with van der Waals surface area (Å²) in [6.45, 7) is 2.43. The van der Waals surface area contributed by atoms with Crippen molar-refractivity contribution >= 4 is 17.7 Å². The van der Waals surface area contributed by atoms with Crippen molar-refractivity contribution in [2.24, 2.45) is 0 Å². The molecule has 1 aromatic heterocycles. The Hall–Kier alpha value is -2.06. The van der Waals surface area contributed by atoms with E-state index < -0.39 is 0 Å². The van der Waals surface area contributed by atoms with E-state index in [-0.39, 0.29) is 12.0 Å². The maximum absolute atomic E-state index is 12.7. The molecular formula is C17H20N4O3S. The first-order valence-corrected chi connectivity index (χ1v) is 9.46. The quantitative estimate of drug-likeness (QED) is 0.831. The van der Waals surface area contributed by atoms with Crippen LogP contribution in [0.5, 0.6) is 5.75 Å². The maximum Gasteiger partial charge on any atom is 0.276 e. The van der Waals surface area contributed by atoms with Gasteiger partial charge in [0.05, 0.1) is 26.0 Å². The van der Waals surface area contributed by atoms with E-state index in [1.807, 2.05) is 40.9 Å². The number of hydrogen-bond donors (Lipinski definition) is 0. The Morgan fingerprint density at radius 3 is 2.76 bits per heavy atom. The molecule has 0 spiro atoms. The third-order valence-electron chi connectivity index (χ3n) is 4.59. The molecule has 1 amide bonds. The van der Waals surface area contributed by atoms with Crippen molar-refractivity contribution < 1.29 is 14.3 Å². The molecule has 1 saturated heterocycles. The number of amides is 1. The summed E-state index contributed by atoms with van der Waals surface area (Å²) in [7, 11) is 1.65. The second-order valence-electron chi connectivity index (χ2n) is 6.04. The fraction of sp³-hybridized carbons (Fsp3) is 0.471. The van der Waals surface area contributed by atoms with Gasteiger partial charge in [-0.05, 0) is 17.7 Å². The summed E-state index contributed by atoms with van der Waals surface area (Å²) in [6.07, 6.45) is -0.102. The molecule has 132 valence electrons. The van der Waals surface area contributed by atoms with Gasteiger partial charge in [0.1, 0.15) is 11.9 Å². The zero-order chi connectivity index (χ0) is 17.2. The van der Waals surface area contributed by atoms with E-state index in [0.29, 0.717) is 18.8 Å². The number of carbonyl (C=O) groups is 1. The third kappa shape index (κ3) is 3.23. The van der Waals surface area contributed by atoms with E-state index in [1.165, 1.54) is 0 Å². The molecule has 0 radical (unpaired) electrons. The van der Waals surface area contributed by atoms with Crippen LogP contribution in [0.3, 0.4) is 0 Å². The molecule has 25 heavy (non-hydrogen) atoms. The summed E-state index contributed by atoms with van der Waals surface area (Å²) < 4.78 is 13.0. The number of carbonyl (C=O) groups excluding carboxylic acids is 1. The first-order chi connectivity index (χ1) is 12.3. The zero-order valence-electron chi connectivity index (χ0n) is 14.1. The fourth-order valence-electron chi connectivity index (χ4n) is 3.11. The Balaban J connectivity index is 1.50. The minimum absolute atomic E-state index is 0.0342. The molecule has 2 aliphatic heterocycles. The number of aromatic nitrogens is 3. The average Bonchev–Trinajstić information content (AvgIpc) is 3.11. The molecule has 4 rings (SSSR count). The minimum Gasteiger partial charge on any atom is -0.497 e. The Morgan fingerprint density at radius 1 is 1.28 bits per heavy atom. The predicted molar refractivity (Wildman–Crippen MR) is 93.8 cm³/mol. The van der Waals surface area contributed by atoms with Gasteiger partial charge >= 0.3 is 0 Å². The molecule has 0 bridgehead atoms. The Labute approximate surface area is 150 Å². The number of fused-ring (bicyclic) bond motifs is 1. The number of benzene rings is 1. The van der Waals surface area contributed by atoms with Crippen molar-refractivity contribution in [1.29, 1.82) is 0 Å². The number of thioether (sulfide) groups is 1. The van der Waals surface area contributed by atoms with Gasteiger partial charge in [0, 0.05) is 24.6 Å². The van der Waals surface area contributed by atoms with E-state index in [4.69, 9.17) is 9.47 Å². The highest BCUT2D eigenvalue weighted by Gasteiger charge is 2.30. The lowest BCUT2D eigenvalue weighted by Gasteiger charge is -2.27. The lowest BCUT2D eigenvalue weighted by atomic mass is 10.1. The predicted octanol–water partition coefficient (Wildman–Crippen LogP) is 1.75. The van der Waals surface area contributed by atoms with E-state index in [1.54, 1.807) is 11.8 Å². The molecule has 1 atom stereocenters. The molecule has 3 heterocycles. The summed E-state index contributed by atoms with van der Waals surface area (Å²) in [5.74, 6) is 2.73. The lowest BCUT2D eigenvalue weighted by Crippen LogP contribution is -2.38. The van der Waals surface area contributed by atoms with Crippen LogP contribution >= 0.6 is 11.8 Å². The largest absolute Gasteiger partial charge is 0.497 e. The van der Waals surface area contributed by atoms with Crippen molar-refractivity contribution in [2.75, 3.05) is 31.7 Å². The molecule has 7 nitrogen and oxygen atoms in total. The third-order valence-corrected chi connectivity index (χ3v) is 5.53. The molecule has 1 aromatic carbocycles. The van der Waals surface area contributed by atoms with Gasteiger partial charge in [0.25, 0.3) is 5.91 Å². The summed E-state index contributed by atoms with van der Waals surface area (Å²) in [5.41, 5.74) is 2.26. The van der Waals surface area contributed by atoms with Crippen molar-refractivity contribution in [3.63, 3.8) is 0 Å². The fourth-order valence-corrected chi connectivity index (χ4v) is 4.02. The first kappa shape index (κ1) is 16.4. The summed E-state index contributed by atoms with van der Waals surface area (Å²) >= 11 is 1.87.